The second-order valence-electron chi connectivity index (χ2n) is 7.03. The zero-order chi connectivity index (χ0) is 19.0. The van der Waals surface area contributed by atoms with Gasteiger partial charge in [-0.25, -0.2) is 4.98 Å². The van der Waals surface area contributed by atoms with Gasteiger partial charge in [0.15, 0.2) is 0 Å². The third kappa shape index (κ3) is 3.37. The lowest BCUT2D eigenvalue weighted by molar-refractivity contribution is -0.131. The van der Waals surface area contributed by atoms with Crippen LogP contribution in [-0.2, 0) is 24.3 Å². The third-order valence-electron chi connectivity index (χ3n) is 5.13. The molecule has 1 aliphatic heterocycles. The molecule has 140 valence electrons. The number of benzene rings is 1. The first-order chi connectivity index (χ1) is 13.0. The average Bonchev–Trinajstić information content (AvgIpc) is 2.85. The summed E-state index contributed by atoms with van der Waals surface area (Å²) in [7, 11) is 0. The lowest BCUT2D eigenvalue weighted by atomic mass is 10.2. The highest BCUT2D eigenvalue weighted by molar-refractivity contribution is 5.78. The largest absolute Gasteiger partial charge is 0.340 e. The van der Waals surface area contributed by atoms with Gasteiger partial charge in [-0.05, 0) is 32.0 Å². The molecule has 3 heterocycles. The molecule has 4 rings (SSSR count). The summed E-state index contributed by atoms with van der Waals surface area (Å²) in [6.07, 6.45) is 0.994. The Labute approximate surface area is 157 Å². The lowest BCUT2D eigenvalue weighted by Crippen LogP contribution is -2.34. The second kappa shape index (κ2) is 6.98. The van der Waals surface area contributed by atoms with Gasteiger partial charge in [-0.15, -0.1) is 0 Å². The van der Waals surface area contributed by atoms with Gasteiger partial charge in [0.05, 0.1) is 16.6 Å². The van der Waals surface area contributed by atoms with E-state index in [9.17, 15) is 9.59 Å². The van der Waals surface area contributed by atoms with Crippen LogP contribution in [0.5, 0.6) is 0 Å². The molecule has 3 aromatic rings. The van der Waals surface area contributed by atoms with Gasteiger partial charge in [-0.3, -0.25) is 18.8 Å². The number of aryl methyl sites for hydroxylation is 3. The normalized spacial score (nSPS) is 14.2. The second-order valence-corrected chi connectivity index (χ2v) is 7.03. The standard InChI is InChI=1S/C20H23N5O2/c1-14-13-15(2)25(22-14)10-8-19(26)23-9-7-18-21-17-6-4-3-5-16(17)20(27)24(18)12-11-23/h3-6,13H,7-12H2,1-2H3. The van der Waals surface area contributed by atoms with E-state index in [1.54, 1.807) is 10.6 Å². The maximum Gasteiger partial charge on any atom is 0.261 e. The molecule has 27 heavy (non-hydrogen) atoms. The van der Waals surface area contributed by atoms with Crippen LogP contribution in [0.25, 0.3) is 10.9 Å². The summed E-state index contributed by atoms with van der Waals surface area (Å²) in [5.41, 5.74) is 2.72. The van der Waals surface area contributed by atoms with E-state index >= 15 is 0 Å². The highest BCUT2D eigenvalue weighted by atomic mass is 16.2. The van der Waals surface area contributed by atoms with Gasteiger partial charge >= 0.3 is 0 Å². The summed E-state index contributed by atoms with van der Waals surface area (Å²) in [4.78, 5) is 31.9. The predicted octanol–water partition coefficient (Wildman–Crippen LogP) is 1.68. The molecule has 0 fully saturated rings. The highest BCUT2D eigenvalue weighted by Gasteiger charge is 2.21. The number of para-hydroxylation sites is 1. The number of hydrogen-bond donors (Lipinski definition) is 0. The molecule has 0 radical (unpaired) electrons. The van der Waals surface area contributed by atoms with Crippen LogP contribution in [0.15, 0.2) is 35.1 Å². The minimum absolute atomic E-state index is 0.0208. The van der Waals surface area contributed by atoms with Gasteiger partial charge in [0.2, 0.25) is 5.91 Å². The first kappa shape index (κ1) is 17.5. The molecule has 2 aromatic heterocycles. The van der Waals surface area contributed by atoms with Crippen molar-refractivity contribution in [3.8, 4) is 0 Å². The van der Waals surface area contributed by atoms with Crippen LogP contribution < -0.4 is 5.56 Å². The maximum absolute atomic E-state index is 12.8. The van der Waals surface area contributed by atoms with Crippen LogP contribution in [0.4, 0.5) is 0 Å². The summed E-state index contributed by atoms with van der Waals surface area (Å²) in [6, 6.07) is 9.41. The Hall–Kier alpha value is -2.96. The van der Waals surface area contributed by atoms with E-state index in [0.29, 0.717) is 44.4 Å². The predicted molar refractivity (Wildman–Crippen MR) is 103 cm³/mol. The van der Waals surface area contributed by atoms with Gasteiger partial charge in [-0.1, -0.05) is 12.1 Å². The lowest BCUT2D eigenvalue weighted by Gasteiger charge is -2.20. The van der Waals surface area contributed by atoms with Crippen molar-refractivity contribution in [2.24, 2.45) is 0 Å². The molecule has 0 bridgehead atoms. The average molecular weight is 365 g/mol. The molecule has 1 aliphatic rings. The molecular weight excluding hydrogens is 342 g/mol. The van der Waals surface area contributed by atoms with E-state index in [1.807, 2.05) is 47.7 Å². The van der Waals surface area contributed by atoms with Crippen molar-refractivity contribution in [2.75, 3.05) is 13.1 Å². The molecule has 0 atom stereocenters. The molecule has 7 nitrogen and oxygen atoms in total. The fourth-order valence-electron chi connectivity index (χ4n) is 3.71. The monoisotopic (exact) mass is 365 g/mol. The number of carbonyl (C=O) groups is 1. The summed E-state index contributed by atoms with van der Waals surface area (Å²) in [5.74, 6) is 0.848. The Morgan fingerprint density at radius 2 is 1.96 bits per heavy atom. The molecule has 0 unspecified atom stereocenters. The summed E-state index contributed by atoms with van der Waals surface area (Å²) in [6.45, 7) is 6.12. The zero-order valence-corrected chi connectivity index (χ0v) is 15.7. The van der Waals surface area contributed by atoms with Crippen molar-refractivity contribution in [3.63, 3.8) is 0 Å². The summed E-state index contributed by atoms with van der Waals surface area (Å²) >= 11 is 0. The van der Waals surface area contributed by atoms with Crippen LogP contribution in [0.1, 0.15) is 23.6 Å². The number of fused-ring (bicyclic) bond motifs is 2. The molecule has 1 aromatic carbocycles. The number of amides is 1. The molecule has 0 aliphatic carbocycles. The fraction of sp³-hybridized carbons (Fsp3) is 0.400. The number of rotatable bonds is 3. The van der Waals surface area contributed by atoms with Crippen molar-refractivity contribution >= 4 is 16.8 Å². The summed E-state index contributed by atoms with van der Waals surface area (Å²) < 4.78 is 3.59. The Balaban J connectivity index is 1.48. The molecule has 1 amide bonds. The molecule has 0 spiro atoms. The molecule has 0 saturated carbocycles. The van der Waals surface area contributed by atoms with Crippen molar-refractivity contribution in [1.82, 2.24) is 24.2 Å². The van der Waals surface area contributed by atoms with Gasteiger partial charge in [0, 0.05) is 44.7 Å². The number of aromatic nitrogens is 4. The van der Waals surface area contributed by atoms with Crippen LogP contribution in [-0.4, -0.2) is 43.2 Å². The SMILES string of the molecule is Cc1cc(C)n(CCC(=O)N2CCc3nc4ccccc4c(=O)n3CC2)n1. The van der Waals surface area contributed by atoms with E-state index < -0.39 is 0 Å². The molecule has 0 N–H and O–H groups in total. The molecule has 0 saturated heterocycles. The Bertz CT molecular complexity index is 1070. The van der Waals surface area contributed by atoms with Crippen LogP contribution in [0.3, 0.4) is 0 Å². The number of nitrogens with zero attached hydrogens (tertiary/aromatic N) is 5. The smallest absolute Gasteiger partial charge is 0.261 e. The molecular formula is C20H23N5O2. The number of carbonyl (C=O) groups excluding carboxylic acids is 1. The van der Waals surface area contributed by atoms with E-state index in [0.717, 1.165) is 22.7 Å². The minimum Gasteiger partial charge on any atom is -0.340 e. The van der Waals surface area contributed by atoms with E-state index in [1.165, 1.54) is 0 Å². The highest BCUT2D eigenvalue weighted by Crippen LogP contribution is 2.12. The fourth-order valence-corrected chi connectivity index (χ4v) is 3.71. The van der Waals surface area contributed by atoms with Crippen molar-refractivity contribution in [3.05, 3.63) is 57.9 Å². The first-order valence-electron chi connectivity index (χ1n) is 9.30. The van der Waals surface area contributed by atoms with Crippen molar-refractivity contribution in [1.29, 1.82) is 0 Å². The Morgan fingerprint density at radius 3 is 2.74 bits per heavy atom. The van der Waals surface area contributed by atoms with Crippen molar-refractivity contribution in [2.45, 2.75) is 39.8 Å². The van der Waals surface area contributed by atoms with Gasteiger partial charge in [0.25, 0.3) is 5.56 Å². The topological polar surface area (TPSA) is 73.0 Å². The van der Waals surface area contributed by atoms with E-state index in [-0.39, 0.29) is 11.5 Å². The third-order valence-corrected chi connectivity index (χ3v) is 5.13. The van der Waals surface area contributed by atoms with Gasteiger partial charge in [-0.2, -0.15) is 5.10 Å². The first-order valence-corrected chi connectivity index (χ1v) is 9.30. The number of hydrogen-bond acceptors (Lipinski definition) is 4. The Kier molecular flexibility index (Phi) is 4.51. The summed E-state index contributed by atoms with van der Waals surface area (Å²) in [5, 5.41) is 5.04. The van der Waals surface area contributed by atoms with Gasteiger partial charge < -0.3 is 4.90 Å². The maximum atomic E-state index is 12.8. The quantitative estimate of drug-likeness (QED) is 0.708. The van der Waals surface area contributed by atoms with E-state index in [2.05, 4.69) is 10.1 Å². The zero-order valence-electron chi connectivity index (χ0n) is 15.7. The Morgan fingerprint density at radius 1 is 1.15 bits per heavy atom. The van der Waals surface area contributed by atoms with Crippen molar-refractivity contribution < 1.29 is 4.79 Å². The van der Waals surface area contributed by atoms with Gasteiger partial charge in [0.1, 0.15) is 5.82 Å². The van der Waals surface area contributed by atoms with E-state index in [4.69, 9.17) is 0 Å². The minimum atomic E-state index is -0.0208. The van der Waals surface area contributed by atoms with Crippen LogP contribution in [0.2, 0.25) is 0 Å². The van der Waals surface area contributed by atoms with Crippen LogP contribution in [0, 0.1) is 13.8 Å². The van der Waals surface area contributed by atoms with Crippen LogP contribution >= 0.6 is 0 Å². The molecule has 7 heteroatoms.